The van der Waals surface area contributed by atoms with E-state index in [0.717, 1.165) is 12.8 Å². The number of fused-ring (bicyclic) bond motifs is 5. The number of aliphatic hydroxyl groups excluding tert-OH is 7. The summed E-state index contributed by atoms with van der Waals surface area (Å²) in [5.41, 5.74) is -2.19. The van der Waals surface area contributed by atoms with E-state index in [2.05, 4.69) is 26.0 Å². The van der Waals surface area contributed by atoms with Gasteiger partial charge >= 0.3 is 0 Å². The van der Waals surface area contributed by atoms with Crippen molar-refractivity contribution in [3.05, 3.63) is 12.2 Å². The van der Waals surface area contributed by atoms with Crippen molar-refractivity contribution >= 4 is 0 Å². The average molecular weight is 759 g/mol. The predicted octanol–water partition coefficient (Wildman–Crippen LogP) is 0.479. The summed E-state index contributed by atoms with van der Waals surface area (Å²) in [6.07, 6.45) is -3.13. The SMILES string of the molecule is CO[C@H]1[C@H](O[C@@H]2[C@@H](OC[C@H](C)C/C=C/[C@@H](C)[C@H]3C[C@@H](O)[C@@H]4[C@]3(C)CC[C@@H]3[C@@]5(C)CC[C@H](O)[C@H](O)[C@@H]5[C@@H](O)C[C@]34O)O[C@H](CO)[C@H]2O)OC[C@@H](OC)[C@@H]1O. The molecular weight excluding hydrogens is 692 g/mol. The Balaban J connectivity index is 1.06. The van der Waals surface area contributed by atoms with Crippen LogP contribution in [0, 0.1) is 46.3 Å². The van der Waals surface area contributed by atoms with Crippen LogP contribution in [0.1, 0.15) is 72.6 Å². The molecule has 4 saturated carbocycles. The first-order chi connectivity index (χ1) is 25.0. The molecule has 0 aromatic carbocycles. The average Bonchev–Trinajstić information content (AvgIpc) is 3.57. The lowest BCUT2D eigenvalue weighted by Crippen LogP contribution is -2.70. The number of aliphatic hydroxyl groups is 8. The minimum absolute atomic E-state index is 0.0467. The standard InChI is InChI=1S/C39H66O14/c1-19(17-50-36-33(30(45)25(16-40)52-36)53-35-32(49-6)31(46)26(48-5)18-51-35)8-7-9-20(2)21-14-23(42)34-37(21,3)13-11-27-38(4)12-10-22(41)29(44)28(38)24(43)15-39(27,34)47/h7,9,19-36,40-47H,8,10-18H2,1-6H3/b9-7+/t19-,20-,21-,22+,23-,24+,25-,26-,27-,28+,29+,30-,31+,32-,33+,34-,35+,36+,37-,38-,39+/m1/s1. The molecule has 6 rings (SSSR count). The van der Waals surface area contributed by atoms with E-state index in [4.69, 9.17) is 28.4 Å². The molecule has 0 spiro atoms. The molecule has 14 heteroatoms. The van der Waals surface area contributed by atoms with Crippen molar-refractivity contribution in [2.45, 2.75) is 152 Å². The Kier molecular flexibility index (Phi) is 12.8. The van der Waals surface area contributed by atoms with Gasteiger partial charge in [-0.1, -0.05) is 39.8 Å². The van der Waals surface area contributed by atoms with Crippen molar-refractivity contribution in [2.75, 3.05) is 34.0 Å². The maximum absolute atomic E-state index is 12.6. The van der Waals surface area contributed by atoms with Crippen LogP contribution in [-0.4, -0.2) is 154 Å². The van der Waals surface area contributed by atoms with E-state index in [1.54, 1.807) is 0 Å². The molecule has 8 N–H and O–H groups in total. The van der Waals surface area contributed by atoms with Crippen molar-refractivity contribution in [1.29, 1.82) is 0 Å². The van der Waals surface area contributed by atoms with Gasteiger partial charge in [-0.2, -0.15) is 0 Å². The van der Waals surface area contributed by atoms with E-state index in [0.29, 0.717) is 25.7 Å². The molecular formula is C39H66O14. The summed E-state index contributed by atoms with van der Waals surface area (Å²) in [5.74, 6) is -0.877. The first-order valence-corrected chi connectivity index (χ1v) is 19.7. The number of methoxy groups -OCH3 is 2. The molecule has 0 radical (unpaired) electrons. The summed E-state index contributed by atoms with van der Waals surface area (Å²) in [7, 11) is 2.88. The van der Waals surface area contributed by atoms with Gasteiger partial charge in [0.25, 0.3) is 0 Å². The number of rotatable bonds is 12. The minimum atomic E-state index is -1.28. The number of hydrogen-bond donors (Lipinski definition) is 8. The maximum atomic E-state index is 12.6. The molecule has 0 aromatic heterocycles. The Morgan fingerprint density at radius 2 is 1.57 bits per heavy atom. The molecule has 53 heavy (non-hydrogen) atoms. The lowest BCUT2D eigenvalue weighted by molar-refractivity contribution is -0.310. The minimum Gasteiger partial charge on any atom is -0.394 e. The summed E-state index contributed by atoms with van der Waals surface area (Å²) in [5, 5.41) is 88.3. The van der Waals surface area contributed by atoms with Gasteiger partial charge in [-0.3, -0.25) is 0 Å². The van der Waals surface area contributed by atoms with E-state index < -0.39 is 103 Å². The van der Waals surface area contributed by atoms with Gasteiger partial charge in [0.15, 0.2) is 12.6 Å². The normalized spacial score (nSPS) is 52.6. The monoisotopic (exact) mass is 758 g/mol. The van der Waals surface area contributed by atoms with Crippen LogP contribution < -0.4 is 0 Å². The molecule has 21 atom stereocenters. The third-order valence-corrected chi connectivity index (χ3v) is 14.7. The Bertz CT molecular complexity index is 1260. The fourth-order valence-corrected chi connectivity index (χ4v) is 12.1. The van der Waals surface area contributed by atoms with Gasteiger partial charge in [0.2, 0.25) is 0 Å². The van der Waals surface area contributed by atoms with Crippen molar-refractivity contribution in [2.24, 2.45) is 46.3 Å². The molecule has 2 heterocycles. The first kappa shape index (κ1) is 41.8. The fraction of sp³-hybridized carbons (Fsp3) is 0.949. The molecule has 6 aliphatic rings. The molecule has 306 valence electrons. The van der Waals surface area contributed by atoms with E-state index >= 15 is 0 Å². The molecule has 2 aliphatic heterocycles. The highest BCUT2D eigenvalue weighted by atomic mass is 16.8. The molecule has 0 aromatic rings. The topological polar surface area (TPSA) is 217 Å². The van der Waals surface area contributed by atoms with Crippen LogP contribution >= 0.6 is 0 Å². The zero-order valence-corrected chi connectivity index (χ0v) is 32.1. The molecule has 0 unspecified atom stereocenters. The number of ether oxygens (including phenoxy) is 6. The lowest BCUT2D eigenvalue weighted by Gasteiger charge is -2.66. The van der Waals surface area contributed by atoms with Gasteiger partial charge < -0.3 is 69.3 Å². The van der Waals surface area contributed by atoms with E-state index in [1.807, 2.05) is 13.8 Å². The lowest BCUT2D eigenvalue weighted by atomic mass is 9.41. The molecule has 0 amide bonds. The second kappa shape index (κ2) is 16.2. The highest BCUT2D eigenvalue weighted by molar-refractivity contribution is 5.21. The van der Waals surface area contributed by atoms with Crippen molar-refractivity contribution in [3.8, 4) is 0 Å². The van der Waals surface area contributed by atoms with Gasteiger partial charge in [0, 0.05) is 32.5 Å². The summed E-state index contributed by atoms with van der Waals surface area (Å²) in [4.78, 5) is 0. The molecule has 0 bridgehead atoms. The largest absolute Gasteiger partial charge is 0.394 e. The van der Waals surface area contributed by atoms with Crippen LogP contribution in [0.5, 0.6) is 0 Å². The number of hydrogen-bond acceptors (Lipinski definition) is 14. The van der Waals surface area contributed by atoms with Crippen LogP contribution in [0.15, 0.2) is 12.2 Å². The zero-order chi connectivity index (χ0) is 38.6. The molecule has 4 aliphatic carbocycles. The second-order valence-electron chi connectivity index (χ2n) is 17.8. The van der Waals surface area contributed by atoms with Crippen LogP contribution in [0.2, 0.25) is 0 Å². The van der Waals surface area contributed by atoms with Gasteiger partial charge in [-0.25, -0.2) is 0 Å². The molecule has 2 saturated heterocycles. The summed E-state index contributed by atoms with van der Waals surface area (Å²) in [6.45, 7) is 8.31. The number of allylic oxidation sites excluding steroid dienone is 2. The fourth-order valence-electron chi connectivity index (χ4n) is 12.1. The van der Waals surface area contributed by atoms with Gasteiger partial charge in [-0.05, 0) is 73.0 Å². The third kappa shape index (κ3) is 7.30. The van der Waals surface area contributed by atoms with Crippen LogP contribution in [0.3, 0.4) is 0 Å². The Morgan fingerprint density at radius 1 is 0.849 bits per heavy atom. The predicted molar refractivity (Wildman–Crippen MR) is 189 cm³/mol. The van der Waals surface area contributed by atoms with E-state index in [1.165, 1.54) is 14.2 Å². The van der Waals surface area contributed by atoms with Crippen molar-refractivity contribution in [3.63, 3.8) is 0 Å². The maximum Gasteiger partial charge on any atom is 0.187 e. The zero-order valence-electron chi connectivity index (χ0n) is 32.1. The van der Waals surface area contributed by atoms with E-state index in [-0.39, 0.29) is 48.7 Å². The Morgan fingerprint density at radius 3 is 2.25 bits per heavy atom. The van der Waals surface area contributed by atoms with Gasteiger partial charge in [0.1, 0.15) is 36.6 Å². The Labute approximate surface area is 313 Å². The second-order valence-corrected chi connectivity index (χ2v) is 17.8. The Hall–Kier alpha value is -0.820. The highest BCUT2D eigenvalue weighted by Crippen LogP contribution is 2.69. The quantitative estimate of drug-likeness (QED) is 0.127. The van der Waals surface area contributed by atoms with Gasteiger partial charge in [-0.15, -0.1) is 0 Å². The van der Waals surface area contributed by atoms with Gasteiger partial charge in [0.05, 0.1) is 49.8 Å². The highest BCUT2D eigenvalue weighted by Gasteiger charge is 2.71. The molecule has 14 nitrogen and oxygen atoms in total. The third-order valence-electron chi connectivity index (χ3n) is 14.7. The van der Waals surface area contributed by atoms with Crippen LogP contribution in [-0.2, 0) is 28.4 Å². The van der Waals surface area contributed by atoms with Crippen molar-refractivity contribution in [1.82, 2.24) is 0 Å². The molecule has 6 fully saturated rings. The van der Waals surface area contributed by atoms with Crippen molar-refractivity contribution < 1.29 is 69.3 Å². The smallest absolute Gasteiger partial charge is 0.187 e. The first-order valence-electron chi connectivity index (χ1n) is 19.7. The van der Waals surface area contributed by atoms with Crippen LogP contribution in [0.25, 0.3) is 0 Å². The summed E-state index contributed by atoms with van der Waals surface area (Å²) >= 11 is 0. The summed E-state index contributed by atoms with van der Waals surface area (Å²) < 4.78 is 34.4. The van der Waals surface area contributed by atoms with Crippen LogP contribution in [0.4, 0.5) is 0 Å². The van der Waals surface area contributed by atoms with E-state index in [9.17, 15) is 40.9 Å². The summed E-state index contributed by atoms with van der Waals surface area (Å²) in [6, 6.07) is 0.